The minimum atomic E-state index is -4.09. The van der Waals surface area contributed by atoms with E-state index in [0.717, 1.165) is 16.1 Å². The van der Waals surface area contributed by atoms with Crippen molar-refractivity contribution < 1.29 is 21.6 Å². The van der Waals surface area contributed by atoms with Crippen LogP contribution in [0.5, 0.6) is 0 Å². The summed E-state index contributed by atoms with van der Waals surface area (Å²) in [4.78, 5) is 13.1. The van der Waals surface area contributed by atoms with Crippen molar-refractivity contribution in [3.63, 3.8) is 0 Å². The molecule has 3 aromatic rings. The predicted octanol–water partition coefficient (Wildman–Crippen LogP) is 4.12. The highest BCUT2D eigenvalue weighted by atomic mass is 35.5. The normalized spacial score (nSPS) is 12.7. The highest BCUT2D eigenvalue weighted by Crippen LogP contribution is 2.30. The number of aryl methyl sites for hydroxylation is 1. The maximum absolute atomic E-state index is 13.4. The van der Waals surface area contributed by atoms with Crippen LogP contribution in [0.15, 0.2) is 82.6 Å². The number of sulfonamides is 1. The number of halogens is 1. The third-order valence-electron chi connectivity index (χ3n) is 5.20. The first-order chi connectivity index (χ1) is 15.9. The molecule has 3 aromatic carbocycles. The van der Waals surface area contributed by atoms with Crippen molar-refractivity contribution in [1.29, 1.82) is 0 Å². The zero-order valence-corrected chi connectivity index (χ0v) is 21.3. The molecule has 0 heterocycles. The average Bonchev–Trinajstić information content (AvgIpc) is 2.78. The van der Waals surface area contributed by atoms with E-state index in [1.807, 2.05) is 6.92 Å². The third kappa shape index (κ3) is 5.97. The first kappa shape index (κ1) is 25.7. The Labute approximate surface area is 205 Å². The molecule has 0 fully saturated rings. The summed E-state index contributed by atoms with van der Waals surface area (Å²) in [5.41, 5.74) is 1.76. The Morgan fingerprint density at radius 2 is 1.47 bits per heavy atom. The van der Waals surface area contributed by atoms with Gasteiger partial charge in [0.1, 0.15) is 6.54 Å². The summed E-state index contributed by atoms with van der Waals surface area (Å²) in [6, 6.07) is 18.4. The molecule has 180 valence electrons. The number of sulfone groups is 1. The molecule has 7 nitrogen and oxygen atoms in total. The molecule has 0 saturated heterocycles. The quantitative estimate of drug-likeness (QED) is 0.481. The molecule has 1 atom stereocenters. The summed E-state index contributed by atoms with van der Waals surface area (Å²) in [5, 5.41) is 2.96. The molecule has 10 heteroatoms. The Morgan fingerprint density at radius 1 is 0.912 bits per heavy atom. The molecule has 0 aliphatic heterocycles. The van der Waals surface area contributed by atoms with Gasteiger partial charge in [0, 0.05) is 6.26 Å². The Balaban J connectivity index is 1.87. The van der Waals surface area contributed by atoms with Crippen molar-refractivity contribution in [2.24, 2.45) is 0 Å². The number of nitrogens with one attached hydrogen (secondary N) is 1. The van der Waals surface area contributed by atoms with Crippen LogP contribution in [0.2, 0.25) is 5.02 Å². The minimum absolute atomic E-state index is 0.0373. The number of nitrogens with zero attached hydrogens (tertiary/aromatic N) is 1. The van der Waals surface area contributed by atoms with Gasteiger partial charge in [0.2, 0.25) is 5.91 Å². The van der Waals surface area contributed by atoms with Crippen molar-refractivity contribution in [3.05, 3.63) is 88.9 Å². The molecule has 0 aliphatic carbocycles. The standard InChI is InChI=1S/C24H25ClN2O5S2/c1-17-8-12-21(13-9-17)34(31,32)27(23-7-5-4-6-22(23)25)16-24(28)26-18(2)19-10-14-20(15-11-19)33(3,29)30/h4-15,18H,16H2,1-3H3,(H,26,28)/t18-/m0/s1. The second kappa shape index (κ2) is 10.2. The number of amides is 1. The second-order valence-corrected chi connectivity index (χ2v) is 12.2. The molecule has 0 unspecified atom stereocenters. The monoisotopic (exact) mass is 520 g/mol. The molecule has 3 rings (SSSR count). The molecular formula is C24H25ClN2O5S2. The first-order valence-electron chi connectivity index (χ1n) is 10.3. The summed E-state index contributed by atoms with van der Waals surface area (Å²) < 4.78 is 51.2. The summed E-state index contributed by atoms with van der Waals surface area (Å²) in [7, 11) is -7.43. The lowest BCUT2D eigenvalue weighted by Gasteiger charge is -2.26. The van der Waals surface area contributed by atoms with Crippen molar-refractivity contribution in [2.45, 2.75) is 29.7 Å². The fourth-order valence-corrected chi connectivity index (χ4v) is 5.65. The molecule has 0 aromatic heterocycles. The molecule has 1 N–H and O–H groups in total. The molecule has 0 radical (unpaired) electrons. The second-order valence-electron chi connectivity index (χ2n) is 7.91. The van der Waals surface area contributed by atoms with Gasteiger partial charge in [0.15, 0.2) is 9.84 Å². The van der Waals surface area contributed by atoms with Gasteiger partial charge in [-0.1, -0.05) is 53.6 Å². The van der Waals surface area contributed by atoms with Crippen LogP contribution in [0.4, 0.5) is 5.69 Å². The van der Waals surface area contributed by atoms with Crippen molar-refractivity contribution in [2.75, 3.05) is 17.1 Å². The largest absolute Gasteiger partial charge is 0.348 e. The number of carbonyl (C=O) groups excluding carboxylic acids is 1. The number of rotatable bonds is 8. The van der Waals surface area contributed by atoms with Gasteiger partial charge in [-0.2, -0.15) is 0 Å². The predicted molar refractivity (Wildman–Crippen MR) is 133 cm³/mol. The zero-order valence-electron chi connectivity index (χ0n) is 18.9. The van der Waals surface area contributed by atoms with Gasteiger partial charge < -0.3 is 5.32 Å². The SMILES string of the molecule is Cc1ccc(S(=O)(=O)N(CC(=O)N[C@@H](C)c2ccc(S(C)(=O)=O)cc2)c2ccccc2Cl)cc1. The van der Waals surface area contributed by atoms with E-state index in [-0.39, 0.29) is 20.5 Å². The van der Waals surface area contributed by atoms with E-state index in [1.54, 1.807) is 49.4 Å². The van der Waals surface area contributed by atoms with Crippen LogP contribution in [-0.2, 0) is 24.7 Å². The van der Waals surface area contributed by atoms with Crippen LogP contribution in [0, 0.1) is 6.92 Å². The molecule has 0 spiro atoms. The van der Waals surface area contributed by atoms with Gasteiger partial charge >= 0.3 is 0 Å². The lowest BCUT2D eigenvalue weighted by Crippen LogP contribution is -2.41. The zero-order chi connectivity index (χ0) is 25.1. The third-order valence-corrected chi connectivity index (χ3v) is 8.43. The van der Waals surface area contributed by atoms with Gasteiger partial charge in [0.25, 0.3) is 10.0 Å². The highest BCUT2D eigenvalue weighted by Gasteiger charge is 2.29. The Kier molecular flexibility index (Phi) is 7.70. The van der Waals surface area contributed by atoms with E-state index in [2.05, 4.69) is 5.32 Å². The Hall–Kier alpha value is -2.88. The van der Waals surface area contributed by atoms with Crippen molar-refractivity contribution in [3.8, 4) is 0 Å². The van der Waals surface area contributed by atoms with E-state index in [0.29, 0.717) is 5.56 Å². The fourth-order valence-electron chi connectivity index (χ4n) is 3.30. The van der Waals surface area contributed by atoms with Crippen LogP contribution in [-0.4, -0.2) is 35.5 Å². The van der Waals surface area contributed by atoms with Gasteiger partial charge in [-0.3, -0.25) is 9.10 Å². The van der Waals surface area contributed by atoms with Gasteiger partial charge in [-0.05, 0) is 55.8 Å². The van der Waals surface area contributed by atoms with Gasteiger partial charge in [0.05, 0.1) is 26.5 Å². The van der Waals surface area contributed by atoms with Crippen LogP contribution in [0.1, 0.15) is 24.1 Å². The number of benzene rings is 3. The van der Waals surface area contributed by atoms with Crippen LogP contribution in [0.25, 0.3) is 0 Å². The maximum atomic E-state index is 13.4. The number of para-hydroxylation sites is 1. The fraction of sp³-hybridized carbons (Fsp3) is 0.208. The topological polar surface area (TPSA) is 101 Å². The lowest BCUT2D eigenvalue weighted by atomic mass is 10.1. The van der Waals surface area contributed by atoms with Crippen LogP contribution < -0.4 is 9.62 Å². The molecule has 1 amide bonds. The number of anilines is 1. The summed E-state index contributed by atoms with van der Waals surface area (Å²) in [6.45, 7) is 3.08. The van der Waals surface area contributed by atoms with Crippen molar-refractivity contribution >= 4 is 43.1 Å². The summed E-state index contributed by atoms with van der Waals surface area (Å²) in [6.07, 6.45) is 1.12. The first-order valence-corrected chi connectivity index (χ1v) is 14.0. The van der Waals surface area contributed by atoms with Crippen LogP contribution in [0.3, 0.4) is 0 Å². The molecule has 34 heavy (non-hydrogen) atoms. The van der Waals surface area contributed by atoms with E-state index in [1.165, 1.54) is 30.3 Å². The highest BCUT2D eigenvalue weighted by molar-refractivity contribution is 7.93. The van der Waals surface area contributed by atoms with Crippen LogP contribution >= 0.6 is 11.6 Å². The van der Waals surface area contributed by atoms with E-state index >= 15 is 0 Å². The van der Waals surface area contributed by atoms with E-state index in [4.69, 9.17) is 11.6 Å². The van der Waals surface area contributed by atoms with Crippen molar-refractivity contribution in [1.82, 2.24) is 5.32 Å². The molecule has 0 aliphatic rings. The number of hydrogen-bond acceptors (Lipinski definition) is 5. The number of carbonyl (C=O) groups is 1. The lowest BCUT2D eigenvalue weighted by molar-refractivity contribution is -0.120. The summed E-state index contributed by atoms with van der Waals surface area (Å²) in [5.74, 6) is -0.546. The maximum Gasteiger partial charge on any atom is 0.264 e. The Morgan fingerprint density at radius 3 is 2.03 bits per heavy atom. The van der Waals surface area contributed by atoms with E-state index in [9.17, 15) is 21.6 Å². The molecule has 0 bridgehead atoms. The smallest absolute Gasteiger partial charge is 0.264 e. The van der Waals surface area contributed by atoms with Gasteiger partial charge in [-0.25, -0.2) is 16.8 Å². The average molecular weight is 521 g/mol. The number of hydrogen-bond donors (Lipinski definition) is 1. The van der Waals surface area contributed by atoms with Gasteiger partial charge in [-0.15, -0.1) is 0 Å². The summed E-state index contributed by atoms with van der Waals surface area (Å²) >= 11 is 6.29. The molecular weight excluding hydrogens is 496 g/mol. The molecule has 0 saturated carbocycles. The Bertz CT molecular complexity index is 1390. The minimum Gasteiger partial charge on any atom is -0.348 e. The van der Waals surface area contributed by atoms with E-state index < -0.39 is 38.4 Å².